The summed E-state index contributed by atoms with van der Waals surface area (Å²) in [5.74, 6) is 0.0347. The third-order valence-corrected chi connectivity index (χ3v) is 2.00. The smallest absolute Gasteiger partial charge is 0.411 e. The summed E-state index contributed by atoms with van der Waals surface area (Å²) in [6, 6.07) is 6.92. The lowest BCUT2D eigenvalue weighted by Crippen LogP contribution is -2.31. The van der Waals surface area contributed by atoms with Gasteiger partial charge in [0.05, 0.1) is 0 Å². The van der Waals surface area contributed by atoms with Crippen LogP contribution in [0.2, 0.25) is 5.02 Å². The lowest BCUT2D eigenvalue weighted by molar-refractivity contribution is -0.670. The molecule has 0 aliphatic carbocycles. The first-order chi connectivity index (χ1) is 7.65. The van der Waals surface area contributed by atoms with E-state index >= 15 is 0 Å². The average molecular weight is 241 g/mol. The van der Waals surface area contributed by atoms with Crippen LogP contribution in [0, 0.1) is 0 Å². The first-order valence-electron chi connectivity index (χ1n) is 4.30. The summed E-state index contributed by atoms with van der Waals surface area (Å²) in [7, 11) is 0. The molecule has 1 aromatic carbocycles. The number of anilines is 1. The molecule has 6 nitrogen and oxygen atoms in total. The minimum Gasteiger partial charge on any atom is -0.465 e. The number of carboxylic acid groups (broad SMARTS) is 1. The Hall–Kier alpha value is -2.08. The summed E-state index contributed by atoms with van der Waals surface area (Å²) in [6.45, 7) is 0. The van der Waals surface area contributed by atoms with Gasteiger partial charge in [0.25, 0.3) is 6.20 Å². The molecule has 0 unspecified atom stereocenters. The van der Waals surface area contributed by atoms with E-state index in [1.807, 2.05) is 5.32 Å². The SMILES string of the molecule is O=C(O)Nc1c[n+](-c2cccc(Cl)c2)no1. The molecule has 2 aromatic rings. The van der Waals surface area contributed by atoms with E-state index in [-0.39, 0.29) is 5.88 Å². The number of hydrogen-bond acceptors (Lipinski definition) is 3. The number of rotatable bonds is 2. The third-order valence-electron chi connectivity index (χ3n) is 1.77. The van der Waals surface area contributed by atoms with Gasteiger partial charge in [0.1, 0.15) is 0 Å². The highest BCUT2D eigenvalue weighted by atomic mass is 35.5. The second-order valence-corrected chi connectivity index (χ2v) is 3.36. The summed E-state index contributed by atoms with van der Waals surface area (Å²) < 4.78 is 6.12. The van der Waals surface area contributed by atoms with Gasteiger partial charge in [-0.3, -0.25) is 9.84 Å². The van der Waals surface area contributed by atoms with Gasteiger partial charge in [-0.2, -0.15) is 0 Å². The van der Waals surface area contributed by atoms with E-state index in [9.17, 15) is 4.79 Å². The molecule has 0 spiro atoms. The van der Waals surface area contributed by atoms with Crippen LogP contribution in [0.15, 0.2) is 35.0 Å². The van der Waals surface area contributed by atoms with Crippen molar-refractivity contribution in [2.45, 2.75) is 0 Å². The molecular formula is C9H7ClN3O3+. The van der Waals surface area contributed by atoms with E-state index in [0.717, 1.165) is 0 Å². The number of aromatic nitrogens is 2. The van der Waals surface area contributed by atoms with Crippen molar-refractivity contribution in [1.82, 2.24) is 5.27 Å². The Balaban J connectivity index is 2.28. The fourth-order valence-electron chi connectivity index (χ4n) is 1.15. The van der Waals surface area contributed by atoms with Crippen LogP contribution in [-0.4, -0.2) is 16.5 Å². The first-order valence-corrected chi connectivity index (χ1v) is 4.67. The van der Waals surface area contributed by atoms with E-state index in [0.29, 0.717) is 10.7 Å². The molecule has 0 aliphatic rings. The Bertz CT molecular complexity index is 526. The Morgan fingerprint density at radius 2 is 2.38 bits per heavy atom. The van der Waals surface area contributed by atoms with Crippen LogP contribution in [0.4, 0.5) is 10.7 Å². The minimum atomic E-state index is -1.21. The lowest BCUT2D eigenvalue weighted by Gasteiger charge is -1.88. The topological polar surface area (TPSA) is 79.2 Å². The number of hydrogen-bond donors (Lipinski definition) is 2. The molecule has 0 bridgehead atoms. The Kier molecular flexibility index (Phi) is 2.74. The number of amides is 1. The summed E-state index contributed by atoms with van der Waals surface area (Å²) >= 11 is 5.80. The van der Waals surface area contributed by atoms with E-state index < -0.39 is 6.09 Å². The van der Waals surface area contributed by atoms with Gasteiger partial charge in [-0.05, 0) is 10.7 Å². The number of carbonyl (C=O) groups is 1. The molecule has 0 atom stereocenters. The maximum absolute atomic E-state index is 10.3. The minimum absolute atomic E-state index is 0.0347. The van der Waals surface area contributed by atoms with E-state index in [4.69, 9.17) is 21.2 Å². The van der Waals surface area contributed by atoms with Crippen LogP contribution in [0.5, 0.6) is 0 Å². The van der Waals surface area contributed by atoms with Crippen LogP contribution < -0.4 is 10.00 Å². The van der Waals surface area contributed by atoms with Gasteiger partial charge in [-0.25, -0.2) is 4.79 Å². The second-order valence-electron chi connectivity index (χ2n) is 2.92. The van der Waals surface area contributed by atoms with Crippen LogP contribution in [0.3, 0.4) is 0 Å². The van der Waals surface area contributed by atoms with E-state index in [2.05, 4.69) is 5.27 Å². The van der Waals surface area contributed by atoms with Crippen molar-refractivity contribution in [3.8, 4) is 5.69 Å². The highest BCUT2D eigenvalue weighted by molar-refractivity contribution is 6.30. The molecule has 0 saturated carbocycles. The zero-order valence-electron chi connectivity index (χ0n) is 7.92. The van der Waals surface area contributed by atoms with Gasteiger partial charge in [0, 0.05) is 17.2 Å². The van der Waals surface area contributed by atoms with Crippen molar-refractivity contribution in [2.24, 2.45) is 0 Å². The van der Waals surface area contributed by atoms with Gasteiger partial charge >= 0.3 is 12.0 Å². The van der Waals surface area contributed by atoms with Crippen molar-refractivity contribution in [3.63, 3.8) is 0 Å². The molecule has 7 heteroatoms. The standard InChI is InChI=1S/C9H6ClN3O3/c10-6-2-1-3-7(4-6)13-5-8(16-12-13)11-9(14)15/h1-5H,(H-,11,12,14,15)/p+1. The number of nitrogens with one attached hydrogen (secondary N) is 1. The van der Waals surface area contributed by atoms with Crippen molar-refractivity contribution in [3.05, 3.63) is 35.5 Å². The summed E-state index contributed by atoms with van der Waals surface area (Å²) in [6.07, 6.45) is 0.189. The molecule has 1 amide bonds. The van der Waals surface area contributed by atoms with E-state index in [1.165, 1.54) is 10.9 Å². The predicted molar refractivity (Wildman–Crippen MR) is 54.7 cm³/mol. The van der Waals surface area contributed by atoms with E-state index in [1.54, 1.807) is 24.3 Å². The molecular weight excluding hydrogens is 234 g/mol. The quantitative estimate of drug-likeness (QED) is 0.783. The summed E-state index contributed by atoms with van der Waals surface area (Å²) in [5.41, 5.74) is 0.676. The average Bonchev–Trinajstić information content (AvgIpc) is 2.65. The Morgan fingerprint density at radius 1 is 1.56 bits per heavy atom. The van der Waals surface area contributed by atoms with Gasteiger partial charge in [-0.15, -0.1) is 0 Å². The zero-order chi connectivity index (χ0) is 11.5. The molecule has 1 heterocycles. The normalized spacial score (nSPS) is 10.1. The highest BCUT2D eigenvalue weighted by Crippen LogP contribution is 2.11. The molecule has 16 heavy (non-hydrogen) atoms. The molecule has 0 fully saturated rings. The van der Waals surface area contributed by atoms with Gasteiger partial charge in [0.2, 0.25) is 11.0 Å². The molecule has 82 valence electrons. The molecule has 0 radical (unpaired) electrons. The summed E-state index contributed by atoms with van der Waals surface area (Å²) in [5, 5.41) is 14.7. The molecule has 1 aromatic heterocycles. The fourth-order valence-corrected chi connectivity index (χ4v) is 1.33. The van der Waals surface area contributed by atoms with Crippen molar-refractivity contribution in [1.29, 1.82) is 0 Å². The number of halogens is 1. The molecule has 2 N–H and O–H groups in total. The largest absolute Gasteiger partial charge is 0.465 e. The predicted octanol–water partition coefficient (Wildman–Crippen LogP) is 1.69. The first kappa shape index (κ1) is 10.4. The van der Waals surface area contributed by atoms with Crippen LogP contribution in [0.25, 0.3) is 5.69 Å². The highest BCUT2D eigenvalue weighted by Gasteiger charge is 2.16. The van der Waals surface area contributed by atoms with Crippen molar-refractivity contribution < 1.29 is 19.1 Å². The molecule has 0 saturated heterocycles. The Morgan fingerprint density at radius 3 is 3.06 bits per heavy atom. The monoisotopic (exact) mass is 240 g/mol. The van der Waals surface area contributed by atoms with Crippen LogP contribution in [0.1, 0.15) is 0 Å². The zero-order valence-corrected chi connectivity index (χ0v) is 8.68. The second kappa shape index (κ2) is 4.19. The maximum Gasteiger partial charge on any atom is 0.411 e. The van der Waals surface area contributed by atoms with Gasteiger partial charge in [-0.1, -0.05) is 17.7 Å². The van der Waals surface area contributed by atoms with Crippen molar-refractivity contribution >= 4 is 23.6 Å². The summed E-state index contributed by atoms with van der Waals surface area (Å²) in [4.78, 5) is 10.3. The third kappa shape index (κ3) is 2.29. The van der Waals surface area contributed by atoms with Crippen molar-refractivity contribution in [2.75, 3.05) is 5.32 Å². The molecule has 0 aliphatic heterocycles. The molecule has 2 rings (SSSR count). The van der Waals surface area contributed by atoms with Crippen LogP contribution >= 0.6 is 11.6 Å². The lowest BCUT2D eigenvalue weighted by atomic mass is 10.3. The number of nitrogens with zero attached hydrogens (tertiary/aromatic N) is 2. The van der Waals surface area contributed by atoms with Crippen LogP contribution in [-0.2, 0) is 0 Å². The van der Waals surface area contributed by atoms with Gasteiger partial charge < -0.3 is 5.11 Å². The number of benzene rings is 1. The fraction of sp³-hybridized carbons (Fsp3) is 0. The Labute approximate surface area is 95.0 Å². The maximum atomic E-state index is 10.3. The van der Waals surface area contributed by atoms with Gasteiger partial charge in [0.15, 0.2) is 0 Å².